The summed E-state index contributed by atoms with van der Waals surface area (Å²) in [6.07, 6.45) is 1.53. The molecule has 0 aliphatic carbocycles. The van der Waals surface area contributed by atoms with E-state index in [1.807, 2.05) is 49.4 Å². The van der Waals surface area contributed by atoms with E-state index in [0.29, 0.717) is 19.6 Å². The predicted octanol–water partition coefficient (Wildman–Crippen LogP) is 3.99. The molecule has 1 saturated heterocycles. The van der Waals surface area contributed by atoms with Crippen LogP contribution in [0.15, 0.2) is 42.5 Å². The Balaban J connectivity index is 2.14. The summed E-state index contributed by atoms with van der Waals surface area (Å²) in [7, 11) is 3.28. The van der Waals surface area contributed by atoms with Gasteiger partial charge in [-0.3, -0.25) is 9.69 Å². The van der Waals surface area contributed by atoms with Crippen LogP contribution >= 0.6 is 0 Å². The quantitative estimate of drug-likeness (QED) is 0.724. The van der Waals surface area contributed by atoms with E-state index in [4.69, 9.17) is 14.2 Å². The molecule has 0 spiro atoms. The van der Waals surface area contributed by atoms with Gasteiger partial charge in [-0.2, -0.15) is 0 Å². The first-order chi connectivity index (χ1) is 14.1. The average Bonchev–Trinajstić information content (AvgIpc) is 2.75. The van der Waals surface area contributed by atoms with Gasteiger partial charge in [-0.25, -0.2) is 0 Å². The lowest BCUT2D eigenvalue weighted by molar-refractivity contribution is -0.143. The van der Waals surface area contributed by atoms with Gasteiger partial charge in [-0.15, -0.1) is 0 Å². The van der Waals surface area contributed by atoms with E-state index in [2.05, 4.69) is 4.90 Å². The van der Waals surface area contributed by atoms with Gasteiger partial charge in [0, 0.05) is 17.7 Å². The van der Waals surface area contributed by atoms with Crippen molar-refractivity contribution in [2.45, 2.75) is 25.8 Å². The third kappa shape index (κ3) is 4.65. The Labute approximate surface area is 172 Å². The Hall–Kier alpha value is -2.73. The van der Waals surface area contributed by atoms with Crippen LogP contribution in [-0.2, 0) is 4.79 Å². The van der Waals surface area contributed by atoms with Crippen molar-refractivity contribution in [3.05, 3.63) is 53.6 Å². The molecule has 1 N–H and O–H groups in total. The number of ether oxygens (including phenoxy) is 3. The monoisotopic (exact) mass is 399 g/mol. The molecule has 1 fully saturated rings. The minimum Gasteiger partial charge on any atom is -0.497 e. The maximum atomic E-state index is 11.7. The third-order valence-corrected chi connectivity index (χ3v) is 5.41. The average molecular weight is 399 g/mol. The van der Waals surface area contributed by atoms with Crippen molar-refractivity contribution in [2.24, 2.45) is 5.92 Å². The summed E-state index contributed by atoms with van der Waals surface area (Å²) in [6.45, 7) is 3.78. The number of hydrogen-bond donors (Lipinski definition) is 1. The van der Waals surface area contributed by atoms with Crippen LogP contribution in [-0.4, -0.2) is 49.9 Å². The van der Waals surface area contributed by atoms with Gasteiger partial charge in [-0.05, 0) is 50.6 Å². The number of carboxylic acids is 1. The van der Waals surface area contributed by atoms with Crippen molar-refractivity contribution >= 4 is 5.97 Å². The van der Waals surface area contributed by atoms with Gasteiger partial charge in [0.2, 0.25) is 0 Å². The molecule has 1 aliphatic rings. The largest absolute Gasteiger partial charge is 0.497 e. The molecular formula is C23H29NO5. The van der Waals surface area contributed by atoms with E-state index >= 15 is 0 Å². The van der Waals surface area contributed by atoms with Gasteiger partial charge < -0.3 is 19.3 Å². The van der Waals surface area contributed by atoms with Crippen LogP contribution in [0.25, 0.3) is 0 Å². The van der Waals surface area contributed by atoms with Crippen LogP contribution < -0.4 is 14.2 Å². The number of aliphatic carboxylic acids is 1. The number of carbonyl (C=O) groups is 1. The second kappa shape index (κ2) is 9.65. The van der Waals surface area contributed by atoms with Crippen LogP contribution in [0.5, 0.6) is 17.2 Å². The maximum Gasteiger partial charge on any atom is 0.307 e. The number of nitrogens with zero attached hydrogens (tertiary/aromatic N) is 1. The van der Waals surface area contributed by atoms with Gasteiger partial charge in [0.1, 0.15) is 17.2 Å². The van der Waals surface area contributed by atoms with Crippen LogP contribution in [0.3, 0.4) is 0 Å². The summed E-state index contributed by atoms with van der Waals surface area (Å²) in [5.41, 5.74) is 1.93. The van der Waals surface area contributed by atoms with Crippen molar-refractivity contribution in [1.82, 2.24) is 4.90 Å². The smallest absolute Gasteiger partial charge is 0.307 e. The molecule has 3 rings (SSSR count). The molecule has 1 heterocycles. The van der Waals surface area contributed by atoms with E-state index in [1.54, 1.807) is 14.2 Å². The highest BCUT2D eigenvalue weighted by Gasteiger charge is 2.34. The Morgan fingerprint density at radius 3 is 2.62 bits per heavy atom. The molecule has 6 nitrogen and oxygen atoms in total. The van der Waals surface area contributed by atoms with Gasteiger partial charge in [0.05, 0.1) is 32.8 Å². The van der Waals surface area contributed by atoms with E-state index in [-0.39, 0.29) is 12.0 Å². The highest BCUT2D eigenvalue weighted by Crippen LogP contribution is 2.42. The van der Waals surface area contributed by atoms with Crippen LogP contribution in [0.1, 0.15) is 36.9 Å². The Kier molecular flexibility index (Phi) is 6.99. The molecule has 0 saturated carbocycles. The number of methoxy groups -OCH3 is 2. The number of hydrogen-bond acceptors (Lipinski definition) is 5. The second-order valence-electron chi connectivity index (χ2n) is 7.15. The van der Waals surface area contributed by atoms with E-state index in [1.165, 1.54) is 0 Å². The Bertz CT molecular complexity index is 838. The molecule has 0 bridgehead atoms. The fourth-order valence-electron chi connectivity index (χ4n) is 4.05. The minimum atomic E-state index is -0.746. The molecule has 6 heteroatoms. The predicted molar refractivity (Wildman–Crippen MR) is 111 cm³/mol. The number of piperidine rings is 1. The fraction of sp³-hybridized carbons (Fsp3) is 0.435. The van der Waals surface area contributed by atoms with Crippen LogP contribution in [0.2, 0.25) is 0 Å². The second-order valence-corrected chi connectivity index (χ2v) is 7.15. The SMILES string of the molecule is CCOc1ccccc1C(c1cc(OC)ccc1OC)N1CCCC(C(=O)O)C1. The first-order valence-electron chi connectivity index (χ1n) is 9.99. The standard InChI is InChI=1S/C23H29NO5/c1-4-29-21-10-6-5-9-18(21)22(24-13-7-8-16(15-24)23(25)26)19-14-17(27-2)11-12-20(19)28-3/h5-6,9-12,14,16,22H,4,7-8,13,15H2,1-3H3,(H,25,26). The van der Waals surface area contributed by atoms with Crippen molar-refractivity contribution in [3.8, 4) is 17.2 Å². The molecule has 29 heavy (non-hydrogen) atoms. The molecular weight excluding hydrogens is 370 g/mol. The third-order valence-electron chi connectivity index (χ3n) is 5.41. The zero-order chi connectivity index (χ0) is 20.8. The molecule has 0 amide bonds. The van der Waals surface area contributed by atoms with Gasteiger partial charge in [-0.1, -0.05) is 18.2 Å². The fourth-order valence-corrected chi connectivity index (χ4v) is 4.05. The van der Waals surface area contributed by atoms with Gasteiger partial charge in [0.25, 0.3) is 0 Å². The lowest BCUT2D eigenvalue weighted by atomic mass is 9.90. The summed E-state index contributed by atoms with van der Waals surface area (Å²) in [5.74, 6) is 1.12. The summed E-state index contributed by atoms with van der Waals surface area (Å²) in [4.78, 5) is 13.9. The highest BCUT2D eigenvalue weighted by atomic mass is 16.5. The Morgan fingerprint density at radius 2 is 1.93 bits per heavy atom. The molecule has 0 aromatic heterocycles. The van der Waals surface area contributed by atoms with Crippen molar-refractivity contribution in [2.75, 3.05) is 33.9 Å². The van der Waals surface area contributed by atoms with Gasteiger partial charge >= 0.3 is 5.97 Å². The molecule has 2 aromatic rings. The van der Waals surface area contributed by atoms with E-state index < -0.39 is 5.97 Å². The highest BCUT2D eigenvalue weighted by molar-refractivity contribution is 5.70. The minimum absolute atomic E-state index is 0.204. The number of benzene rings is 2. The summed E-state index contributed by atoms with van der Waals surface area (Å²) in [6, 6.07) is 13.4. The summed E-state index contributed by atoms with van der Waals surface area (Å²) in [5, 5.41) is 9.60. The molecule has 2 aromatic carbocycles. The number of rotatable bonds is 8. The number of para-hydroxylation sites is 1. The molecule has 0 radical (unpaired) electrons. The zero-order valence-corrected chi connectivity index (χ0v) is 17.3. The van der Waals surface area contributed by atoms with Crippen molar-refractivity contribution < 1.29 is 24.1 Å². The normalized spacial score (nSPS) is 18.1. The first-order valence-corrected chi connectivity index (χ1v) is 9.99. The number of carboxylic acid groups (broad SMARTS) is 1. The maximum absolute atomic E-state index is 11.7. The van der Waals surface area contributed by atoms with Crippen molar-refractivity contribution in [3.63, 3.8) is 0 Å². The first kappa shape index (κ1) is 21.0. The van der Waals surface area contributed by atoms with Crippen molar-refractivity contribution in [1.29, 1.82) is 0 Å². The lowest BCUT2D eigenvalue weighted by Gasteiger charge is -2.38. The van der Waals surface area contributed by atoms with Crippen LogP contribution in [0, 0.1) is 5.92 Å². The molecule has 1 aliphatic heterocycles. The zero-order valence-electron chi connectivity index (χ0n) is 17.3. The topological polar surface area (TPSA) is 68.2 Å². The van der Waals surface area contributed by atoms with Crippen LogP contribution in [0.4, 0.5) is 0 Å². The molecule has 156 valence electrons. The van der Waals surface area contributed by atoms with Gasteiger partial charge in [0.15, 0.2) is 0 Å². The Morgan fingerprint density at radius 1 is 1.14 bits per heavy atom. The lowest BCUT2D eigenvalue weighted by Crippen LogP contribution is -2.41. The van der Waals surface area contributed by atoms with E-state index in [9.17, 15) is 9.90 Å². The molecule has 2 unspecified atom stereocenters. The van der Waals surface area contributed by atoms with E-state index in [0.717, 1.165) is 41.3 Å². The molecule has 2 atom stereocenters. The summed E-state index contributed by atoms with van der Waals surface area (Å²) >= 11 is 0. The number of likely N-dealkylation sites (tertiary alicyclic amines) is 1. The summed E-state index contributed by atoms with van der Waals surface area (Å²) < 4.78 is 17.1.